The van der Waals surface area contributed by atoms with Crippen LogP contribution in [0, 0.1) is 15.9 Å². The highest BCUT2D eigenvalue weighted by atomic mass is 19.1. The molecule has 0 aliphatic carbocycles. The van der Waals surface area contributed by atoms with E-state index in [0.29, 0.717) is 23.8 Å². The standard InChI is InChI=1S/C15H13FN2O5/c16-12-7-10(18(19)20)1-3-13(12)17-5-6-21-11-2-4-14-15(8-11)23-9-22-14/h1-4,7-8,17H,5-6,9H2. The number of fused-ring (bicyclic) bond motifs is 1. The molecule has 0 saturated carbocycles. The van der Waals surface area contributed by atoms with Gasteiger partial charge in [0.15, 0.2) is 17.3 Å². The molecule has 0 amide bonds. The number of nitro benzene ring substituents is 1. The molecule has 0 saturated heterocycles. The fraction of sp³-hybridized carbons (Fsp3) is 0.200. The largest absolute Gasteiger partial charge is 0.492 e. The van der Waals surface area contributed by atoms with Gasteiger partial charge in [-0.05, 0) is 18.2 Å². The first-order valence-electron chi connectivity index (χ1n) is 6.84. The third-order valence-corrected chi connectivity index (χ3v) is 3.19. The molecule has 0 atom stereocenters. The lowest BCUT2D eigenvalue weighted by Crippen LogP contribution is -2.12. The SMILES string of the molecule is O=[N+]([O-])c1ccc(NCCOc2ccc3c(c2)OCO3)c(F)c1. The second kappa shape index (κ2) is 6.39. The third-order valence-electron chi connectivity index (χ3n) is 3.19. The quantitative estimate of drug-likeness (QED) is 0.500. The number of halogens is 1. The summed E-state index contributed by atoms with van der Waals surface area (Å²) in [6.07, 6.45) is 0. The lowest BCUT2D eigenvalue weighted by Gasteiger charge is -2.09. The maximum atomic E-state index is 13.7. The predicted octanol–water partition coefficient (Wildman–Crippen LogP) is 2.95. The minimum Gasteiger partial charge on any atom is -0.492 e. The predicted molar refractivity (Wildman–Crippen MR) is 79.6 cm³/mol. The van der Waals surface area contributed by atoms with E-state index < -0.39 is 10.7 Å². The minimum absolute atomic E-state index is 0.185. The molecule has 1 aliphatic rings. The molecule has 1 heterocycles. The van der Waals surface area contributed by atoms with Crippen LogP contribution >= 0.6 is 0 Å². The van der Waals surface area contributed by atoms with E-state index in [9.17, 15) is 14.5 Å². The van der Waals surface area contributed by atoms with Gasteiger partial charge < -0.3 is 19.5 Å². The van der Waals surface area contributed by atoms with Crippen LogP contribution in [0.15, 0.2) is 36.4 Å². The molecular formula is C15H13FN2O5. The van der Waals surface area contributed by atoms with Gasteiger partial charge in [-0.2, -0.15) is 0 Å². The van der Waals surface area contributed by atoms with E-state index in [1.165, 1.54) is 12.1 Å². The third kappa shape index (κ3) is 3.42. The lowest BCUT2D eigenvalue weighted by molar-refractivity contribution is -0.385. The first-order valence-corrected chi connectivity index (χ1v) is 6.84. The first kappa shape index (κ1) is 14.9. The molecule has 0 bridgehead atoms. The van der Waals surface area contributed by atoms with Crippen LogP contribution in [0.4, 0.5) is 15.8 Å². The van der Waals surface area contributed by atoms with Crippen LogP contribution in [-0.4, -0.2) is 24.9 Å². The van der Waals surface area contributed by atoms with Crippen LogP contribution in [0.2, 0.25) is 0 Å². The maximum absolute atomic E-state index is 13.7. The molecule has 2 aromatic carbocycles. The van der Waals surface area contributed by atoms with Crippen molar-refractivity contribution in [1.82, 2.24) is 0 Å². The number of hydrogen-bond donors (Lipinski definition) is 1. The zero-order valence-corrected chi connectivity index (χ0v) is 12.0. The first-order chi connectivity index (χ1) is 11.1. The molecule has 2 aromatic rings. The Morgan fingerprint density at radius 1 is 1.22 bits per heavy atom. The molecule has 120 valence electrons. The van der Waals surface area contributed by atoms with Gasteiger partial charge in [-0.3, -0.25) is 10.1 Å². The van der Waals surface area contributed by atoms with Crippen molar-refractivity contribution < 1.29 is 23.5 Å². The monoisotopic (exact) mass is 320 g/mol. The highest BCUT2D eigenvalue weighted by Gasteiger charge is 2.14. The van der Waals surface area contributed by atoms with E-state index in [4.69, 9.17) is 14.2 Å². The zero-order valence-electron chi connectivity index (χ0n) is 12.0. The van der Waals surface area contributed by atoms with Crippen LogP contribution in [0.5, 0.6) is 17.2 Å². The highest BCUT2D eigenvalue weighted by Crippen LogP contribution is 2.35. The Morgan fingerprint density at radius 2 is 2.04 bits per heavy atom. The average molecular weight is 320 g/mol. The van der Waals surface area contributed by atoms with Crippen molar-refractivity contribution in [3.63, 3.8) is 0 Å². The number of rotatable bonds is 6. The van der Waals surface area contributed by atoms with Crippen LogP contribution in [0.3, 0.4) is 0 Å². The zero-order chi connectivity index (χ0) is 16.2. The van der Waals surface area contributed by atoms with Crippen molar-refractivity contribution in [1.29, 1.82) is 0 Å². The van der Waals surface area contributed by atoms with E-state index in [1.807, 2.05) is 0 Å². The number of hydrogen-bond acceptors (Lipinski definition) is 6. The number of nitro groups is 1. The number of benzene rings is 2. The summed E-state index contributed by atoms with van der Waals surface area (Å²) in [5.41, 5.74) is -0.102. The topological polar surface area (TPSA) is 82.9 Å². The van der Waals surface area contributed by atoms with Crippen molar-refractivity contribution in [2.45, 2.75) is 0 Å². The molecule has 0 unspecified atom stereocenters. The minimum atomic E-state index is -0.678. The fourth-order valence-corrected chi connectivity index (χ4v) is 2.08. The van der Waals surface area contributed by atoms with Gasteiger partial charge in [0.25, 0.3) is 5.69 Å². The summed E-state index contributed by atoms with van der Waals surface area (Å²) < 4.78 is 29.6. The van der Waals surface area contributed by atoms with Crippen LogP contribution in [0.25, 0.3) is 0 Å². The summed E-state index contributed by atoms with van der Waals surface area (Å²) in [4.78, 5) is 9.90. The summed E-state index contributed by atoms with van der Waals surface area (Å²) in [7, 11) is 0. The van der Waals surface area contributed by atoms with Crippen molar-refractivity contribution in [2.24, 2.45) is 0 Å². The number of nitrogens with one attached hydrogen (secondary N) is 1. The van der Waals surface area contributed by atoms with Gasteiger partial charge in [-0.15, -0.1) is 0 Å². The Balaban J connectivity index is 1.51. The van der Waals surface area contributed by atoms with Gasteiger partial charge in [-0.1, -0.05) is 0 Å². The van der Waals surface area contributed by atoms with Gasteiger partial charge in [0.2, 0.25) is 6.79 Å². The van der Waals surface area contributed by atoms with E-state index in [1.54, 1.807) is 18.2 Å². The fourth-order valence-electron chi connectivity index (χ4n) is 2.08. The summed E-state index contributed by atoms with van der Waals surface area (Å²) in [6.45, 7) is 0.818. The molecule has 8 heteroatoms. The van der Waals surface area contributed by atoms with Gasteiger partial charge in [0.1, 0.15) is 12.4 Å². The van der Waals surface area contributed by atoms with E-state index in [0.717, 1.165) is 6.07 Å². The number of non-ortho nitro benzene ring substituents is 1. The smallest absolute Gasteiger partial charge is 0.272 e. The van der Waals surface area contributed by atoms with Crippen LogP contribution in [-0.2, 0) is 0 Å². The average Bonchev–Trinajstić information content (AvgIpc) is 3.00. The molecular weight excluding hydrogens is 307 g/mol. The molecule has 0 spiro atoms. The number of anilines is 1. The van der Waals surface area contributed by atoms with E-state index in [2.05, 4.69) is 5.32 Å². The van der Waals surface area contributed by atoms with E-state index >= 15 is 0 Å². The van der Waals surface area contributed by atoms with Crippen molar-refractivity contribution in [3.8, 4) is 17.2 Å². The molecule has 1 N–H and O–H groups in total. The molecule has 1 aliphatic heterocycles. The van der Waals surface area contributed by atoms with Crippen molar-refractivity contribution >= 4 is 11.4 Å². The van der Waals surface area contributed by atoms with Crippen molar-refractivity contribution in [2.75, 3.05) is 25.3 Å². The van der Waals surface area contributed by atoms with Crippen LogP contribution < -0.4 is 19.5 Å². The Morgan fingerprint density at radius 3 is 2.83 bits per heavy atom. The highest BCUT2D eigenvalue weighted by molar-refractivity contribution is 5.50. The Bertz CT molecular complexity index is 738. The van der Waals surface area contributed by atoms with Gasteiger partial charge in [0, 0.05) is 18.7 Å². The van der Waals surface area contributed by atoms with Gasteiger partial charge in [-0.25, -0.2) is 4.39 Å². The summed E-state index contributed by atoms with van der Waals surface area (Å²) in [5.74, 6) is 1.22. The second-order valence-electron chi connectivity index (χ2n) is 4.71. The number of ether oxygens (including phenoxy) is 3. The molecule has 0 radical (unpaired) electrons. The van der Waals surface area contributed by atoms with E-state index in [-0.39, 0.29) is 24.8 Å². The maximum Gasteiger partial charge on any atom is 0.272 e. The molecule has 7 nitrogen and oxygen atoms in total. The second-order valence-corrected chi connectivity index (χ2v) is 4.71. The van der Waals surface area contributed by atoms with Gasteiger partial charge >= 0.3 is 0 Å². The summed E-state index contributed by atoms with van der Waals surface area (Å²) in [5, 5.41) is 13.4. The Kier molecular flexibility index (Phi) is 4.13. The molecule has 0 fully saturated rings. The van der Waals surface area contributed by atoms with Gasteiger partial charge in [0.05, 0.1) is 16.7 Å². The lowest BCUT2D eigenvalue weighted by atomic mass is 10.2. The Hall–Kier alpha value is -3.03. The molecule has 23 heavy (non-hydrogen) atoms. The summed E-state index contributed by atoms with van der Waals surface area (Å²) in [6, 6.07) is 8.66. The number of nitrogens with zero attached hydrogens (tertiary/aromatic N) is 1. The molecule has 3 rings (SSSR count). The summed E-state index contributed by atoms with van der Waals surface area (Å²) >= 11 is 0. The van der Waals surface area contributed by atoms with Crippen LogP contribution in [0.1, 0.15) is 0 Å². The van der Waals surface area contributed by atoms with Crippen molar-refractivity contribution in [3.05, 3.63) is 52.3 Å². The normalized spacial score (nSPS) is 12.0. The Labute approximate surface area is 130 Å². The molecule has 0 aromatic heterocycles.